The number of aromatic nitrogens is 5. The molecule has 0 unspecified atom stereocenters. The number of rotatable bonds is 5. The summed E-state index contributed by atoms with van der Waals surface area (Å²) in [6, 6.07) is 13.4. The smallest absolute Gasteiger partial charge is 0.305 e. The molecular weight excluding hydrogens is 469 g/mol. The van der Waals surface area contributed by atoms with Crippen molar-refractivity contribution in [2.75, 3.05) is 5.32 Å². The summed E-state index contributed by atoms with van der Waals surface area (Å²) in [5.74, 6) is -0.197. The second-order valence-electron chi connectivity index (χ2n) is 6.63. The van der Waals surface area contributed by atoms with Gasteiger partial charge in [-0.05, 0) is 48.0 Å². The van der Waals surface area contributed by atoms with E-state index in [1.165, 1.54) is 24.5 Å². The number of hydrogen-bond donors (Lipinski definition) is 1. The van der Waals surface area contributed by atoms with Crippen LogP contribution in [-0.2, 0) is 12.1 Å². The number of nitrogens with zero attached hydrogens (tertiary/aromatic N) is 5. The Hall–Kier alpha value is -3.79. The van der Waals surface area contributed by atoms with E-state index in [1.807, 2.05) is 13.8 Å². The molecule has 1 N–H and O–H groups in total. The van der Waals surface area contributed by atoms with Crippen molar-refractivity contribution in [2.24, 2.45) is 0 Å². The maximum Gasteiger partial charge on any atom is 0.433 e. The molecule has 0 fully saturated rings. The van der Waals surface area contributed by atoms with E-state index in [-0.39, 0.29) is 17.3 Å². The van der Waals surface area contributed by atoms with Crippen LogP contribution in [0.3, 0.4) is 0 Å². The molecule has 176 valence electrons. The van der Waals surface area contributed by atoms with E-state index in [2.05, 4.69) is 25.6 Å². The summed E-state index contributed by atoms with van der Waals surface area (Å²) in [6.45, 7) is 4.00. The molecule has 0 atom stereocenters. The number of benzene rings is 1. The minimum absolute atomic E-state index is 0.0772. The van der Waals surface area contributed by atoms with Gasteiger partial charge in [0.15, 0.2) is 17.3 Å². The summed E-state index contributed by atoms with van der Waals surface area (Å²) in [5, 5.41) is 14.2. The Balaban J connectivity index is 0.00000158. The molecule has 1 aromatic carbocycles. The van der Waals surface area contributed by atoms with E-state index >= 15 is 0 Å². The molecule has 34 heavy (non-hydrogen) atoms. The lowest BCUT2D eigenvalue weighted by molar-refractivity contribution is -0.142. The van der Waals surface area contributed by atoms with Crippen molar-refractivity contribution >= 4 is 23.3 Å². The number of nitrogens with one attached hydrogen (secondary N) is 1. The van der Waals surface area contributed by atoms with Crippen molar-refractivity contribution in [1.82, 2.24) is 25.0 Å². The molecule has 0 aliphatic heterocycles. The maximum atomic E-state index is 13.6. The number of halogens is 4. The second kappa shape index (κ2) is 10.9. The lowest BCUT2D eigenvalue weighted by atomic mass is 10.1. The molecule has 0 spiro atoms. The number of carbonyl (C=O) groups excluding carboxylic acids is 1. The van der Waals surface area contributed by atoms with Gasteiger partial charge in [-0.15, -0.1) is 21.8 Å². The van der Waals surface area contributed by atoms with Crippen molar-refractivity contribution in [1.29, 1.82) is 0 Å². The fourth-order valence-electron chi connectivity index (χ4n) is 2.85. The van der Waals surface area contributed by atoms with E-state index in [0.717, 1.165) is 11.6 Å². The first-order valence-electron chi connectivity index (χ1n) is 10.2. The molecule has 3 aromatic heterocycles. The Morgan fingerprint density at radius 3 is 2.35 bits per heavy atom. The first-order chi connectivity index (χ1) is 16.3. The van der Waals surface area contributed by atoms with Crippen LogP contribution >= 0.6 is 11.6 Å². The summed E-state index contributed by atoms with van der Waals surface area (Å²) in [6.07, 6.45) is -1.75. The molecule has 4 rings (SSSR count). The third kappa shape index (κ3) is 5.76. The quantitative estimate of drug-likeness (QED) is 0.361. The lowest BCUT2D eigenvalue weighted by Crippen LogP contribution is -2.16. The highest BCUT2D eigenvalue weighted by Crippen LogP contribution is 2.33. The lowest BCUT2D eigenvalue weighted by Gasteiger charge is -2.09. The van der Waals surface area contributed by atoms with Crippen LogP contribution in [0.4, 0.5) is 19.0 Å². The van der Waals surface area contributed by atoms with Gasteiger partial charge in [-0.2, -0.15) is 18.3 Å². The molecule has 3 heterocycles. The van der Waals surface area contributed by atoms with Crippen LogP contribution < -0.4 is 5.32 Å². The van der Waals surface area contributed by atoms with Crippen LogP contribution in [0.1, 0.15) is 35.5 Å². The van der Waals surface area contributed by atoms with Crippen LogP contribution in [0.15, 0.2) is 67.0 Å². The fraction of sp³-hybridized carbons (Fsp3) is 0.174. The van der Waals surface area contributed by atoms with Gasteiger partial charge < -0.3 is 5.32 Å². The maximum absolute atomic E-state index is 13.6. The monoisotopic (exact) mass is 488 g/mol. The average molecular weight is 489 g/mol. The number of hydrogen-bond acceptors (Lipinski definition) is 5. The minimum atomic E-state index is -4.67. The summed E-state index contributed by atoms with van der Waals surface area (Å²) in [5.41, 5.74) is 0.732. The zero-order chi connectivity index (χ0) is 24.7. The Morgan fingerprint density at radius 2 is 1.79 bits per heavy atom. The third-order valence-corrected chi connectivity index (χ3v) is 4.75. The number of anilines is 1. The number of amides is 1. The van der Waals surface area contributed by atoms with E-state index in [0.29, 0.717) is 21.7 Å². The molecule has 0 saturated heterocycles. The van der Waals surface area contributed by atoms with Crippen LogP contribution in [0.5, 0.6) is 0 Å². The van der Waals surface area contributed by atoms with Gasteiger partial charge in [0.2, 0.25) is 0 Å². The van der Waals surface area contributed by atoms with Crippen LogP contribution in [0.25, 0.3) is 17.1 Å². The largest absolute Gasteiger partial charge is 0.433 e. The van der Waals surface area contributed by atoms with Gasteiger partial charge in [0.05, 0.1) is 5.69 Å². The molecule has 7 nitrogen and oxygen atoms in total. The summed E-state index contributed by atoms with van der Waals surface area (Å²) in [4.78, 5) is 16.2. The second-order valence-corrected chi connectivity index (χ2v) is 6.89. The number of alkyl halides is 4. The van der Waals surface area contributed by atoms with Crippen molar-refractivity contribution < 1.29 is 18.0 Å². The zero-order valence-corrected chi connectivity index (χ0v) is 19.0. The highest BCUT2D eigenvalue weighted by atomic mass is 35.5. The van der Waals surface area contributed by atoms with Crippen molar-refractivity contribution in [3.63, 3.8) is 0 Å². The van der Waals surface area contributed by atoms with Crippen LogP contribution in [-0.4, -0.2) is 30.9 Å². The van der Waals surface area contributed by atoms with Crippen LogP contribution in [0, 0.1) is 0 Å². The first-order valence-corrected chi connectivity index (χ1v) is 10.8. The molecule has 11 heteroatoms. The van der Waals surface area contributed by atoms with Gasteiger partial charge in [0, 0.05) is 29.4 Å². The SMILES string of the molecule is CC.O=C(Nc1ccc(-n2nc(-c3cccnc3)cc2C(F)(F)F)nn1)c1ccc(CCl)cc1. The van der Waals surface area contributed by atoms with Gasteiger partial charge in [0.1, 0.15) is 0 Å². The molecular formula is C23H20ClF3N6O. The molecule has 0 radical (unpaired) electrons. The average Bonchev–Trinajstić information content (AvgIpc) is 3.33. The van der Waals surface area contributed by atoms with Crippen molar-refractivity contribution in [2.45, 2.75) is 25.9 Å². The molecule has 0 bridgehead atoms. The summed E-state index contributed by atoms with van der Waals surface area (Å²) in [7, 11) is 0. The van der Waals surface area contributed by atoms with E-state index < -0.39 is 17.8 Å². The highest BCUT2D eigenvalue weighted by molar-refractivity contribution is 6.17. The number of carbonyl (C=O) groups is 1. The summed E-state index contributed by atoms with van der Waals surface area (Å²) < 4.78 is 41.4. The van der Waals surface area contributed by atoms with Gasteiger partial charge in [-0.1, -0.05) is 26.0 Å². The zero-order valence-electron chi connectivity index (χ0n) is 18.2. The summed E-state index contributed by atoms with van der Waals surface area (Å²) >= 11 is 5.73. The molecule has 0 aliphatic carbocycles. The van der Waals surface area contributed by atoms with E-state index in [9.17, 15) is 18.0 Å². The Kier molecular flexibility index (Phi) is 7.95. The Bertz CT molecular complexity index is 1230. The molecule has 0 saturated carbocycles. The predicted octanol–water partition coefficient (Wildman–Crippen LogP) is 5.76. The number of pyridine rings is 1. The normalized spacial score (nSPS) is 10.9. The van der Waals surface area contributed by atoms with Gasteiger partial charge in [-0.25, -0.2) is 4.68 Å². The molecule has 1 amide bonds. The van der Waals surface area contributed by atoms with Crippen molar-refractivity contribution in [3.8, 4) is 17.1 Å². The van der Waals surface area contributed by atoms with E-state index in [4.69, 9.17) is 11.6 Å². The van der Waals surface area contributed by atoms with E-state index in [1.54, 1.807) is 36.4 Å². The Labute approximate surface area is 198 Å². The molecule has 0 aliphatic rings. The van der Waals surface area contributed by atoms with Gasteiger partial charge in [-0.3, -0.25) is 9.78 Å². The standard InChI is InChI=1S/C21H14ClF3N6O.C2H6/c22-11-13-3-5-14(6-4-13)20(32)27-18-7-8-19(29-28-18)31-17(21(23,24)25)10-16(30-31)15-2-1-9-26-12-15;1-2/h1-10,12H,11H2,(H,27,28,32);1-2H3. The first kappa shape index (κ1) is 24.8. The third-order valence-electron chi connectivity index (χ3n) is 4.44. The minimum Gasteiger partial charge on any atom is -0.305 e. The highest BCUT2D eigenvalue weighted by Gasteiger charge is 2.37. The van der Waals surface area contributed by atoms with Gasteiger partial charge >= 0.3 is 6.18 Å². The van der Waals surface area contributed by atoms with Crippen LogP contribution in [0.2, 0.25) is 0 Å². The van der Waals surface area contributed by atoms with Crippen molar-refractivity contribution in [3.05, 3.63) is 83.8 Å². The molecule has 4 aromatic rings. The fourth-order valence-corrected chi connectivity index (χ4v) is 3.03. The van der Waals surface area contributed by atoms with Gasteiger partial charge in [0.25, 0.3) is 5.91 Å². The topological polar surface area (TPSA) is 85.6 Å². The predicted molar refractivity (Wildman–Crippen MR) is 123 cm³/mol. The Morgan fingerprint density at radius 1 is 1.06 bits per heavy atom.